The fraction of sp³-hybridized carbons (Fsp3) is 0.350. The second-order valence-corrected chi connectivity index (χ2v) is 5.98. The number of carbonyl (C=O) groups excluding carboxylic acids is 2. The van der Waals surface area contributed by atoms with Crippen molar-refractivity contribution >= 4 is 23.1 Å². The Morgan fingerprint density at radius 1 is 1.04 bits per heavy atom. The van der Waals surface area contributed by atoms with Crippen molar-refractivity contribution in [2.45, 2.75) is 33.6 Å². The molecule has 0 aliphatic rings. The maximum atomic E-state index is 12.7. The molecule has 0 saturated heterocycles. The van der Waals surface area contributed by atoms with Gasteiger partial charge in [-0.3, -0.25) is 14.6 Å². The zero-order valence-electron chi connectivity index (χ0n) is 15.1. The van der Waals surface area contributed by atoms with E-state index in [4.69, 9.17) is 0 Å². The van der Waals surface area contributed by atoms with Gasteiger partial charge in [0.1, 0.15) is 5.69 Å². The van der Waals surface area contributed by atoms with Crippen LogP contribution in [0.4, 0.5) is 11.4 Å². The normalized spacial score (nSPS) is 10.4. The van der Waals surface area contributed by atoms with E-state index in [0.717, 1.165) is 37.3 Å². The Morgan fingerprint density at radius 3 is 2.36 bits per heavy atom. The predicted molar refractivity (Wildman–Crippen MR) is 100 cm³/mol. The molecule has 0 aliphatic carbocycles. The largest absolute Gasteiger partial charge is 0.355 e. The van der Waals surface area contributed by atoms with Crippen LogP contribution in [0, 0.1) is 0 Å². The second kappa shape index (κ2) is 8.97. The smallest absolute Gasteiger partial charge is 0.272 e. The summed E-state index contributed by atoms with van der Waals surface area (Å²) >= 11 is 0. The van der Waals surface area contributed by atoms with Gasteiger partial charge >= 0.3 is 0 Å². The number of carbonyl (C=O) groups is 2. The molecule has 5 nitrogen and oxygen atoms in total. The van der Waals surface area contributed by atoms with Gasteiger partial charge in [-0.15, -0.1) is 0 Å². The van der Waals surface area contributed by atoms with E-state index in [1.54, 1.807) is 37.4 Å². The average Bonchev–Trinajstić information content (AvgIpc) is 2.61. The lowest BCUT2D eigenvalue weighted by molar-refractivity contribution is 0.0749. The summed E-state index contributed by atoms with van der Waals surface area (Å²) in [7, 11) is 0. The lowest BCUT2D eigenvalue weighted by atomic mass is 10.1. The molecular weight excluding hydrogens is 314 g/mol. The van der Waals surface area contributed by atoms with Crippen molar-refractivity contribution in [3.8, 4) is 0 Å². The third-order valence-corrected chi connectivity index (χ3v) is 3.81. The highest BCUT2D eigenvalue weighted by atomic mass is 16.2. The van der Waals surface area contributed by atoms with Crippen molar-refractivity contribution < 1.29 is 9.59 Å². The first-order valence-corrected chi connectivity index (χ1v) is 8.68. The van der Waals surface area contributed by atoms with E-state index in [1.807, 2.05) is 17.0 Å². The quantitative estimate of drug-likeness (QED) is 0.729. The topological polar surface area (TPSA) is 62.3 Å². The maximum absolute atomic E-state index is 12.7. The first-order valence-electron chi connectivity index (χ1n) is 8.68. The SMILES string of the molecule is CCCN(CCC)C(=O)c1cc(Nc2cccc(C(C)=O)c2)ccn1. The average molecular weight is 339 g/mol. The first kappa shape index (κ1) is 18.6. The minimum atomic E-state index is -0.0511. The zero-order valence-corrected chi connectivity index (χ0v) is 15.1. The predicted octanol–water partition coefficient (Wildman–Crippen LogP) is 4.29. The minimum absolute atomic E-state index is 0.0176. The molecule has 1 aromatic carbocycles. The third kappa shape index (κ3) is 5.14. The molecule has 0 radical (unpaired) electrons. The molecule has 0 atom stereocenters. The van der Waals surface area contributed by atoms with Crippen LogP contribution in [0.1, 0.15) is 54.5 Å². The summed E-state index contributed by atoms with van der Waals surface area (Å²) in [6, 6.07) is 10.8. The fourth-order valence-corrected chi connectivity index (χ4v) is 2.62. The van der Waals surface area contributed by atoms with Crippen molar-refractivity contribution in [2.24, 2.45) is 0 Å². The Balaban J connectivity index is 2.19. The molecule has 1 heterocycles. The van der Waals surface area contributed by atoms with Crippen LogP contribution in [0.15, 0.2) is 42.6 Å². The molecule has 132 valence electrons. The lowest BCUT2D eigenvalue weighted by Gasteiger charge is -2.21. The van der Waals surface area contributed by atoms with Crippen LogP contribution in [0.3, 0.4) is 0 Å². The van der Waals surface area contributed by atoms with Gasteiger partial charge in [0.2, 0.25) is 0 Å². The van der Waals surface area contributed by atoms with Gasteiger partial charge in [-0.2, -0.15) is 0 Å². The molecule has 1 amide bonds. The Kier molecular flexibility index (Phi) is 6.69. The standard InChI is InChI=1S/C20H25N3O2/c1-4-11-23(12-5-2)20(25)19-14-18(9-10-21-19)22-17-8-6-7-16(13-17)15(3)24/h6-10,13-14H,4-5,11-12H2,1-3H3,(H,21,22). The van der Waals surface area contributed by atoms with Crippen LogP contribution in [0.25, 0.3) is 0 Å². The summed E-state index contributed by atoms with van der Waals surface area (Å²) in [6.45, 7) is 7.12. The fourth-order valence-electron chi connectivity index (χ4n) is 2.62. The molecule has 0 fully saturated rings. The van der Waals surface area contributed by atoms with Crippen molar-refractivity contribution in [1.29, 1.82) is 0 Å². The van der Waals surface area contributed by atoms with E-state index in [1.165, 1.54) is 0 Å². The highest BCUT2D eigenvalue weighted by Crippen LogP contribution is 2.19. The van der Waals surface area contributed by atoms with E-state index < -0.39 is 0 Å². The number of anilines is 2. The molecule has 0 bridgehead atoms. The van der Waals surface area contributed by atoms with Gasteiger partial charge < -0.3 is 10.2 Å². The summed E-state index contributed by atoms with van der Waals surface area (Å²) in [5.41, 5.74) is 2.64. The van der Waals surface area contributed by atoms with E-state index >= 15 is 0 Å². The summed E-state index contributed by atoms with van der Waals surface area (Å²) < 4.78 is 0. The molecule has 0 saturated carbocycles. The second-order valence-electron chi connectivity index (χ2n) is 5.98. The molecule has 1 aromatic heterocycles. The van der Waals surface area contributed by atoms with Crippen LogP contribution in [0.2, 0.25) is 0 Å². The van der Waals surface area contributed by atoms with Gasteiger partial charge in [0.25, 0.3) is 5.91 Å². The Bertz CT molecular complexity index is 737. The number of nitrogens with zero attached hydrogens (tertiary/aromatic N) is 2. The first-order chi connectivity index (χ1) is 12.0. The Morgan fingerprint density at radius 2 is 1.72 bits per heavy atom. The van der Waals surface area contributed by atoms with Gasteiger partial charge in [0.05, 0.1) is 0 Å². The molecule has 25 heavy (non-hydrogen) atoms. The monoisotopic (exact) mass is 339 g/mol. The number of rotatable bonds is 8. The molecule has 0 spiro atoms. The summed E-state index contributed by atoms with van der Waals surface area (Å²) in [5.74, 6) is -0.0335. The number of benzene rings is 1. The van der Waals surface area contributed by atoms with E-state index in [9.17, 15) is 9.59 Å². The number of pyridine rings is 1. The number of ketones is 1. The van der Waals surface area contributed by atoms with Crippen molar-refractivity contribution in [3.05, 3.63) is 53.9 Å². The van der Waals surface area contributed by atoms with E-state index in [2.05, 4.69) is 24.1 Å². The van der Waals surface area contributed by atoms with Gasteiger partial charge in [0, 0.05) is 36.2 Å². The van der Waals surface area contributed by atoms with Crippen LogP contribution in [0.5, 0.6) is 0 Å². The van der Waals surface area contributed by atoms with Gasteiger partial charge in [-0.25, -0.2) is 0 Å². The molecule has 5 heteroatoms. The number of nitrogens with one attached hydrogen (secondary N) is 1. The maximum Gasteiger partial charge on any atom is 0.272 e. The van der Waals surface area contributed by atoms with E-state index in [-0.39, 0.29) is 11.7 Å². The van der Waals surface area contributed by atoms with Crippen molar-refractivity contribution in [2.75, 3.05) is 18.4 Å². The molecular formula is C20H25N3O2. The lowest BCUT2D eigenvalue weighted by Crippen LogP contribution is -2.33. The van der Waals surface area contributed by atoms with Crippen LogP contribution in [-0.2, 0) is 0 Å². The van der Waals surface area contributed by atoms with Crippen LogP contribution < -0.4 is 5.32 Å². The van der Waals surface area contributed by atoms with Crippen molar-refractivity contribution in [1.82, 2.24) is 9.88 Å². The zero-order chi connectivity index (χ0) is 18.2. The molecule has 2 aromatic rings. The minimum Gasteiger partial charge on any atom is -0.355 e. The highest BCUT2D eigenvalue weighted by Gasteiger charge is 2.16. The molecule has 0 aliphatic heterocycles. The van der Waals surface area contributed by atoms with Crippen LogP contribution >= 0.6 is 0 Å². The van der Waals surface area contributed by atoms with Gasteiger partial charge in [0.15, 0.2) is 5.78 Å². The Hall–Kier alpha value is -2.69. The van der Waals surface area contributed by atoms with Crippen LogP contribution in [-0.4, -0.2) is 34.7 Å². The van der Waals surface area contributed by atoms with Gasteiger partial charge in [-0.05, 0) is 44.0 Å². The molecule has 0 unspecified atom stereocenters. The number of amides is 1. The van der Waals surface area contributed by atoms with Gasteiger partial charge in [-0.1, -0.05) is 26.0 Å². The van der Waals surface area contributed by atoms with Crippen molar-refractivity contribution in [3.63, 3.8) is 0 Å². The number of Topliss-reactive ketones (excluding diaryl/α,β-unsaturated/α-hetero) is 1. The summed E-state index contributed by atoms with van der Waals surface area (Å²) in [6.07, 6.45) is 3.46. The number of hydrogen-bond donors (Lipinski definition) is 1. The molecule has 1 N–H and O–H groups in total. The summed E-state index contributed by atoms with van der Waals surface area (Å²) in [5, 5.41) is 3.23. The number of aromatic nitrogens is 1. The number of hydrogen-bond acceptors (Lipinski definition) is 4. The third-order valence-electron chi connectivity index (χ3n) is 3.81. The summed E-state index contributed by atoms with van der Waals surface area (Å²) in [4.78, 5) is 30.2. The Labute approximate surface area is 149 Å². The molecule has 2 rings (SSSR count). The highest BCUT2D eigenvalue weighted by molar-refractivity contribution is 5.95. The van der Waals surface area contributed by atoms with E-state index in [0.29, 0.717) is 11.3 Å².